The maximum Gasteiger partial charge on any atom is 0.260 e. The van der Waals surface area contributed by atoms with E-state index in [0.29, 0.717) is 28.1 Å². The SMILES string of the molecule is O=C(COc1ccccc1-c1noc(-c2ccc(Cl)cc2)n1)N1CCCC1. The van der Waals surface area contributed by atoms with E-state index < -0.39 is 0 Å². The fourth-order valence-corrected chi connectivity index (χ4v) is 3.14. The molecule has 0 spiro atoms. The second-order valence-electron chi connectivity index (χ2n) is 6.30. The molecule has 3 aromatic rings. The van der Waals surface area contributed by atoms with Gasteiger partial charge >= 0.3 is 0 Å². The first-order chi connectivity index (χ1) is 13.2. The van der Waals surface area contributed by atoms with Crippen molar-refractivity contribution in [3.63, 3.8) is 0 Å². The molecule has 0 aliphatic carbocycles. The summed E-state index contributed by atoms with van der Waals surface area (Å²) in [5, 5.41) is 4.69. The molecule has 1 aliphatic rings. The van der Waals surface area contributed by atoms with Crippen molar-refractivity contribution in [3.05, 3.63) is 53.6 Å². The van der Waals surface area contributed by atoms with Crippen LogP contribution in [0.3, 0.4) is 0 Å². The molecule has 0 N–H and O–H groups in total. The number of para-hydroxylation sites is 1. The number of likely N-dealkylation sites (tertiary alicyclic amines) is 1. The summed E-state index contributed by atoms with van der Waals surface area (Å²) in [5.74, 6) is 1.35. The van der Waals surface area contributed by atoms with Gasteiger partial charge in [0.1, 0.15) is 5.75 Å². The highest BCUT2D eigenvalue weighted by molar-refractivity contribution is 6.30. The van der Waals surface area contributed by atoms with E-state index in [2.05, 4.69) is 10.1 Å². The summed E-state index contributed by atoms with van der Waals surface area (Å²) in [6.45, 7) is 1.61. The van der Waals surface area contributed by atoms with Gasteiger partial charge in [-0.05, 0) is 49.2 Å². The van der Waals surface area contributed by atoms with E-state index in [1.165, 1.54) is 0 Å². The molecule has 6 nitrogen and oxygen atoms in total. The van der Waals surface area contributed by atoms with Crippen LogP contribution in [0, 0.1) is 0 Å². The van der Waals surface area contributed by atoms with E-state index in [4.69, 9.17) is 20.9 Å². The minimum absolute atomic E-state index is 0.00109. The number of carbonyl (C=O) groups is 1. The van der Waals surface area contributed by atoms with Crippen molar-refractivity contribution in [1.29, 1.82) is 0 Å². The molecule has 2 aromatic carbocycles. The van der Waals surface area contributed by atoms with Gasteiger partial charge in [0.2, 0.25) is 5.82 Å². The molecular weight excluding hydrogens is 366 g/mol. The minimum Gasteiger partial charge on any atom is -0.483 e. The van der Waals surface area contributed by atoms with Crippen LogP contribution in [0.1, 0.15) is 12.8 Å². The van der Waals surface area contributed by atoms with Gasteiger partial charge in [-0.2, -0.15) is 4.98 Å². The highest BCUT2D eigenvalue weighted by Crippen LogP contribution is 2.30. The van der Waals surface area contributed by atoms with Crippen molar-refractivity contribution < 1.29 is 14.1 Å². The largest absolute Gasteiger partial charge is 0.483 e. The first-order valence-corrected chi connectivity index (χ1v) is 9.18. The van der Waals surface area contributed by atoms with Crippen LogP contribution in [0.4, 0.5) is 0 Å². The third-order valence-electron chi connectivity index (χ3n) is 4.46. The van der Waals surface area contributed by atoms with E-state index in [9.17, 15) is 4.79 Å². The standard InChI is InChI=1S/C20H18ClN3O3/c21-15-9-7-14(8-10-15)20-22-19(23-27-20)16-5-1-2-6-17(16)26-13-18(25)24-11-3-4-12-24/h1-2,5-10H,3-4,11-13H2. The minimum atomic E-state index is -0.00253. The van der Waals surface area contributed by atoms with Crippen LogP contribution in [0.15, 0.2) is 53.1 Å². The average molecular weight is 384 g/mol. The van der Waals surface area contributed by atoms with Gasteiger partial charge in [-0.25, -0.2) is 0 Å². The summed E-state index contributed by atoms with van der Waals surface area (Å²) in [5.41, 5.74) is 1.46. The Morgan fingerprint density at radius 3 is 2.63 bits per heavy atom. The maximum absolute atomic E-state index is 12.2. The number of benzene rings is 2. The molecule has 0 radical (unpaired) electrons. The number of carbonyl (C=O) groups excluding carboxylic acids is 1. The summed E-state index contributed by atoms with van der Waals surface area (Å²) < 4.78 is 11.1. The molecule has 1 aliphatic heterocycles. The molecule has 7 heteroatoms. The third kappa shape index (κ3) is 3.95. The smallest absolute Gasteiger partial charge is 0.260 e. The summed E-state index contributed by atoms with van der Waals surface area (Å²) >= 11 is 5.91. The zero-order valence-electron chi connectivity index (χ0n) is 14.6. The first-order valence-electron chi connectivity index (χ1n) is 8.80. The lowest BCUT2D eigenvalue weighted by atomic mass is 10.2. The van der Waals surface area contributed by atoms with Gasteiger partial charge < -0.3 is 14.2 Å². The van der Waals surface area contributed by atoms with E-state index in [1.807, 2.05) is 35.2 Å². The van der Waals surface area contributed by atoms with Crippen LogP contribution in [-0.4, -0.2) is 40.6 Å². The van der Waals surface area contributed by atoms with Gasteiger partial charge in [0.15, 0.2) is 6.61 Å². The second kappa shape index (κ2) is 7.80. The molecule has 1 fully saturated rings. The Morgan fingerprint density at radius 1 is 1.11 bits per heavy atom. The zero-order valence-corrected chi connectivity index (χ0v) is 15.4. The number of ether oxygens (including phenoxy) is 1. The first kappa shape index (κ1) is 17.5. The van der Waals surface area contributed by atoms with Gasteiger partial charge in [-0.15, -0.1) is 0 Å². The van der Waals surface area contributed by atoms with Gasteiger partial charge in [-0.1, -0.05) is 28.9 Å². The zero-order chi connectivity index (χ0) is 18.6. The molecular formula is C20H18ClN3O3. The number of hydrogen-bond donors (Lipinski definition) is 0. The Hall–Kier alpha value is -2.86. The molecule has 1 aromatic heterocycles. The molecule has 1 saturated heterocycles. The van der Waals surface area contributed by atoms with Crippen LogP contribution >= 0.6 is 11.6 Å². The number of nitrogens with zero attached hydrogens (tertiary/aromatic N) is 3. The van der Waals surface area contributed by atoms with Crippen LogP contribution in [0.2, 0.25) is 5.02 Å². The Bertz CT molecular complexity index is 934. The van der Waals surface area contributed by atoms with Gasteiger partial charge in [0.05, 0.1) is 5.56 Å². The van der Waals surface area contributed by atoms with Crippen molar-refractivity contribution in [2.75, 3.05) is 19.7 Å². The molecule has 2 heterocycles. The summed E-state index contributed by atoms with van der Waals surface area (Å²) in [4.78, 5) is 18.5. The van der Waals surface area contributed by atoms with Gasteiger partial charge in [0.25, 0.3) is 11.8 Å². The summed E-state index contributed by atoms with van der Waals surface area (Å²) in [7, 11) is 0. The van der Waals surface area contributed by atoms with Gasteiger partial charge in [-0.3, -0.25) is 4.79 Å². The highest BCUT2D eigenvalue weighted by Gasteiger charge is 2.20. The van der Waals surface area contributed by atoms with E-state index in [1.54, 1.807) is 18.2 Å². The van der Waals surface area contributed by atoms with Crippen molar-refractivity contribution >= 4 is 17.5 Å². The van der Waals surface area contributed by atoms with Crippen LogP contribution in [-0.2, 0) is 4.79 Å². The molecule has 27 heavy (non-hydrogen) atoms. The monoisotopic (exact) mass is 383 g/mol. The van der Waals surface area contributed by atoms with Crippen LogP contribution < -0.4 is 4.74 Å². The molecule has 0 saturated carbocycles. The molecule has 1 amide bonds. The van der Waals surface area contributed by atoms with Crippen molar-refractivity contribution in [2.24, 2.45) is 0 Å². The second-order valence-corrected chi connectivity index (χ2v) is 6.74. The van der Waals surface area contributed by atoms with E-state index in [0.717, 1.165) is 31.5 Å². The predicted octanol–water partition coefficient (Wildman–Crippen LogP) is 4.06. The molecule has 4 rings (SSSR count). The fraction of sp³-hybridized carbons (Fsp3) is 0.250. The lowest BCUT2D eigenvalue weighted by Gasteiger charge is -2.16. The quantitative estimate of drug-likeness (QED) is 0.664. The lowest BCUT2D eigenvalue weighted by Crippen LogP contribution is -2.32. The Labute approximate surface area is 161 Å². The Morgan fingerprint density at radius 2 is 1.85 bits per heavy atom. The molecule has 0 unspecified atom stereocenters. The van der Waals surface area contributed by atoms with Crippen molar-refractivity contribution in [1.82, 2.24) is 15.0 Å². The number of amides is 1. The molecule has 138 valence electrons. The predicted molar refractivity (Wildman–Crippen MR) is 101 cm³/mol. The lowest BCUT2D eigenvalue weighted by molar-refractivity contribution is -0.132. The maximum atomic E-state index is 12.2. The topological polar surface area (TPSA) is 68.5 Å². The van der Waals surface area contributed by atoms with Crippen molar-refractivity contribution in [3.8, 4) is 28.6 Å². The Kier molecular flexibility index (Phi) is 5.07. The highest BCUT2D eigenvalue weighted by atomic mass is 35.5. The number of aromatic nitrogens is 2. The van der Waals surface area contributed by atoms with Crippen LogP contribution in [0.25, 0.3) is 22.8 Å². The van der Waals surface area contributed by atoms with E-state index in [-0.39, 0.29) is 12.5 Å². The van der Waals surface area contributed by atoms with E-state index >= 15 is 0 Å². The summed E-state index contributed by atoms with van der Waals surface area (Å²) in [6, 6.07) is 14.5. The number of rotatable bonds is 5. The average Bonchev–Trinajstić information content (AvgIpc) is 3.39. The molecule has 0 bridgehead atoms. The van der Waals surface area contributed by atoms with Crippen molar-refractivity contribution in [2.45, 2.75) is 12.8 Å². The normalized spacial score (nSPS) is 13.7. The summed E-state index contributed by atoms with van der Waals surface area (Å²) in [6.07, 6.45) is 2.11. The van der Waals surface area contributed by atoms with Crippen LogP contribution in [0.5, 0.6) is 5.75 Å². The molecule has 0 atom stereocenters. The van der Waals surface area contributed by atoms with Gasteiger partial charge in [0, 0.05) is 23.7 Å². The Balaban J connectivity index is 1.52. The third-order valence-corrected chi connectivity index (χ3v) is 4.71. The number of hydrogen-bond acceptors (Lipinski definition) is 5. The fourth-order valence-electron chi connectivity index (χ4n) is 3.02. The number of halogens is 1.